The number of benzene rings is 2. The van der Waals surface area contributed by atoms with Crippen LogP contribution in [-0.2, 0) is 11.3 Å². The molecule has 0 unspecified atom stereocenters. The van der Waals surface area contributed by atoms with E-state index >= 15 is 0 Å². The second-order valence-corrected chi connectivity index (χ2v) is 7.91. The van der Waals surface area contributed by atoms with Gasteiger partial charge in [-0.1, -0.05) is 36.2 Å². The Bertz CT molecular complexity index is 874. The first kappa shape index (κ1) is 18.3. The summed E-state index contributed by atoms with van der Waals surface area (Å²) in [5.74, 6) is 0.172. The maximum absolute atomic E-state index is 13.3. The number of aliphatic carboxylic acids is 1. The number of rotatable bonds is 5. The molecule has 142 valence electrons. The van der Waals surface area contributed by atoms with Crippen LogP contribution in [0.15, 0.2) is 42.5 Å². The standard InChI is InChI=1S/C21H21ClFNO3/c22-17-10-16(23)7-8-19(17)27-18-6-2-1-4-14(18)11-24-12-15-5-3-9-21(15,13-24)20(25)26/h1-2,4,6-8,10,15H,3,5,9,11-13H2,(H,25,26)/t15-,21+/m0/s1. The lowest BCUT2D eigenvalue weighted by Crippen LogP contribution is -2.35. The Balaban J connectivity index is 1.53. The number of hydrogen-bond acceptors (Lipinski definition) is 3. The van der Waals surface area contributed by atoms with Gasteiger partial charge in [-0.25, -0.2) is 4.39 Å². The van der Waals surface area contributed by atoms with Crippen molar-refractivity contribution in [1.29, 1.82) is 0 Å². The van der Waals surface area contributed by atoms with E-state index < -0.39 is 17.2 Å². The van der Waals surface area contributed by atoms with Gasteiger partial charge in [-0.05, 0) is 43.0 Å². The lowest BCUT2D eigenvalue weighted by molar-refractivity contribution is -0.149. The van der Waals surface area contributed by atoms with Crippen LogP contribution in [0.25, 0.3) is 0 Å². The predicted octanol–water partition coefficient (Wildman–Crippen LogP) is 4.96. The molecule has 2 atom stereocenters. The van der Waals surface area contributed by atoms with Crippen molar-refractivity contribution >= 4 is 17.6 Å². The summed E-state index contributed by atoms with van der Waals surface area (Å²) < 4.78 is 19.2. The highest BCUT2D eigenvalue weighted by atomic mass is 35.5. The van der Waals surface area contributed by atoms with Gasteiger partial charge in [-0.3, -0.25) is 9.69 Å². The van der Waals surface area contributed by atoms with Crippen molar-refractivity contribution in [3.63, 3.8) is 0 Å². The molecule has 2 fully saturated rings. The molecule has 0 aromatic heterocycles. The monoisotopic (exact) mass is 389 g/mol. The van der Waals surface area contributed by atoms with E-state index in [-0.39, 0.29) is 10.9 Å². The van der Waals surface area contributed by atoms with Crippen LogP contribution < -0.4 is 4.74 Å². The minimum absolute atomic E-state index is 0.213. The summed E-state index contributed by atoms with van der Waals surface area (Å²) >= 11 is 6.08. The first-order valence-corrected chi connectivity index (χ1v) is 9.52. The van der Waals surface area contributed by atoms with Gasteiger partial charge < -0.3 is 9.84 Å². The zero-order valence-corrected chi connectivity index (χ0v) is 15.6. The van der Waals surface area contributed by atoms with Crippen LogP contribution in [0.5, 0.6) is 11.5 Å². The molecule has 1 heterocycles. The number of para-hydroxylation sites is 1. The largest absolute Gasteiger partial charge is 0.481 e. The number of hydrogen-bond donors (Lipinski definition) is 1. The second kappa shape index (κ2) is 7.13. The Morgan fingerprint density at radius 1 is 1.30 bits per heavy atom. The molecule has 0 amide bonds. The average molecular weight is 390 g/mol. The Morgan fingerprint density at radius 3 is 2.85 bits per heavy atom. The molecule has 0 radical (unpaired) electrons. The fourth-order valence-corrected chi connectivity index (χ4v) is 4.72. The van der Waals surface area contributed by atoms with Gasteiger partial charge in [-0.15, -0.1) is 0 Å². The second-order valence-electron chi connectivity index (χ2n) is 7.50. The lowest BCUT2D eigenvalue weighted by atomic mass is 9.81. The third-order valence-corrected chi connectivity index (χ3v) is 6.14. The number of ether oxygens (including phenoxy) is 1. The minimum Gasteiger partial charge on any atom is -0.481 e. The van der Waals surface area contributed by atoms with Gasteiger partial charge in [0, 0.05) is 25.2 Å². The third-order valence-electron chi connectivity index (χ3n) is 5.85. The van der Waals surface area contributed by atoms with Crippen LogP contribution in [0.3, 0.4) is 0 Å². The molecule has 1 aliphatic heterocycles. The van der Waals surface area contributed by atoms with Gasteiger partial charge in [-0.2, -0.15) is 0 Å². The fraction of sp³-hybridized carbons (Fsp3) is 0.381. The molecule has 4 nitrogen and oxygen atoms in total. The summed E-state index contributed by atoms with van der Waals surface area (Å²) in [7, 11) is 0. The van der Waals surface area contributed by atoms with E-state index in [4.69, 9.17) is 16.3 Å². The highest BCUT2D eigenvalue weighted by Gasteiger charge is 2.54. The SMILES string of the molecule is O=C(O)[C@@]12CCC[C@H]1CN(Cc1ccccc1Oc1ccc(F)cc1Cl)C2. The van der Waals surface area contributed by atoms with Crippen LogP contribution in [-0.4, -0.2) is 29.1 Å². The number of likely N-dealkylation sites (tertiary alicyclic amines) is 1. The summed E-state index contributed by atoms with van der Waals surface area (Å²) in [6.45, 7) is 1.97. The van der Waals surface area contributed by atoms with Crippen molar-refractivity contribution in [1.82, 2.24) is 4.90 Å². The smallest absolute Gasteiger partial charge is 0.311 e. The van der Waals surface area contributed by atoms with Crippen LogP contribution in [0.1, 0.15) is 24.8 Å². The highest BCUT2D eigenvalue weighted by molar-refractivity contribution is 6.32. The summed E-state index contributed by atoms with van der Waals surface area (Å²) in [5.41, 5.74) is 0.356. The molecule has 1 aliphatic carbocycles. The molecule has 1 saturated heterocycles. The highest BCUT2D eigenvalue weighted by Crippen LogP contribution is 2.49. The van der Waals surface area contributed by atoms with E-state index in [2.05, 4.69) is 4.90 Å². The topological polar surface area (TPSA) is 49.8 Å². The van der Waals surface area contributed by atoms with E-state index in [1.807, 2.05) is 24.3 Å². The number of carboxylic acid groups (broad SMARTS) is 1. The molecule has 0 bridgehead atoms. The predicted molar refractivity (Wildman–Crippen MR) is 101 cm³/mol. The van der Waals surface area contributed by atoms with Crippen LogP contribution in [0, 0.1) is 17.2 Å². The molecule has 2 aromatic rings. The quantitative estimate of drug-likeness (QED) is 0.785. The Morgan fingerprint density at radius 2 is 2.11 bits per heavy atom. The maximum atomic E-state index is 13.3. The first-order valence-electron chi connectivity index (χ1n) is 9.14. The van der Waals surface area contributed by atoms with Gasteiger partial charge in [0.25, 0.3) is 0 Å². The summed E-state index contributed by atoms with van der Waals surface area (Å²) in [5, 5.41) is 9.98. The molecule has 2 aromatic carbocycles. The zero-order valence-electron chi connectivity index (χ0n) is 14.8. The number of fused-ring (bicyclic) bond motifs is 1. The first-order chi connectivity index (χ1) is 13.0. The molecule has 6 heteroatoms. The van der Waals surface area contributed by atoms with E-state index in [1.165, 1.54) is 18.2 Å². The van der Waals surface area contributed by atoms with E-state index in [9.17, 15) is 14.3 Å². The lowest BCUT2D eigenvalue weighted by Gasteiger charge is -2.24. The Hall–Kier alpha value is -2.11. The maximum Gasteiger partial charge on any atom is 0.311 e. The van der Waals surface area contributed by atoms with Crippen molar-refractivity contribution in [2.75, 3.05) is 13.1 Å². The van der Waals surface area contributed by atoms with Gasteiger partial charge in [0.15, 0.2) is 0 Å². The van der Waals surface area contributed by atoms with Crippen molar-refractivity contribution < 1.29 is 19.0 Å². The number of halogens is 2. The average Bonchev–Trinajstić information content (AvgIpc) is 3.17. The molecule has 0 spiro atoms. The summed E-state index contributed by atoms with van der Waals surface area (Å²) in [6.07, 6.45) is 2.73. The van der Waals surface area contributed by atoms with Gasteiger partial charge in [0.05, 0.1) is 10.4 Å². The summed E-state index contributed by atoms with van der Waals surface area (Å²) in [6, 6.07) is 11.6. The Kier molecular flexibility index (Phi) is 4.82. The number of carboxylic acids is 1. The normalized spacial score (nSPS) is 24.7. The molecule has 4 rings (SSSR count). The zero-order chi connectivity index (χ0) is 19.0. The van der Waals surface area contributed by atoms with E-state index in [0.29, 0.717) is 24.6 Å². The van der Waals surface area contributed by atoms with Gasteiger partial charge in [0.2, 0.25) is 0 Å². The minimum atomic E-state index is -0.671. The Labute approximate surface area is 162 Å². The van der Waals surface area contributed by atoms with E-state index in [0.717, 1.165) is 31.4 Å². The molecule has 1 N–H and O–H groups in total. The van der Waals surface area contributed by atoms with Crippen molar-refractivity contribution in [2.24, 2.45) is 11.3 Å². The summed E-state index contributed by atoms with van der Waals surface area (Å²) in [4.78, 5) is 14.1. The van der Waals surface area contributed by atoms with Crippen molar-refractivity contribution in [3.8, 4) is 11.5 Å². The molecule has 27 heavy (non-hydrogen) atoms. The van der Waals surface area contributed by atoms with Gasteiger partial charge in [0.1, 0.15) is 17.3 Å². The number of nitrogens with zero attached hydrogens (tertiary/aromatic N) is 1. The van der Waals surface area contributed by atoms with E-state index in [1.54, 1.807) is 0 Å². The number of carbonyl (C=O) groups is 1. The van der Waals surface area contributed by atoms with Crippen LogP contribution in [0.4, 0.5) is 4.39 Å². The van der Waals surface area contributed by atoms with Crippen molar-refractivity contribution in [2.45, 2.75) is 25.8 Å². The molecular weight excluding hydrogens is 369 g/mol. The third kappa shape index (κ3) is 3.42. The molecular formula is C21H21ClFNO3. The van der Waals surface area contributed by atoms with Crippen molar-refractivity contribution in [3.05, 3.63) is 58.9 Å². The molecule has 1 saturated carbocycles. The van der Waals surface area contributed by atoms with Crippen LogP contribution in [0.2, 0.25) is 5.02 Å². The molecule has 2 aliphatic rings. The van der Waals surface area contributed by atoms with Crippen LogP contribution >= 0.6 is 11.6 Å². The fourth-order valence-electron chi connectivity index (χ4n) is 4.51. The van der Waals surface area contributed by atoms with Gasteiger partial charge >= 0.3 is 5.97 Å².